The molecule has 2 aromatic rings. The maximum absolute atomic E-state index is 12.9. The highest BCUT2D eigenvalue weighted by Crippen LogP contribution is 2.32. The van der Waals surface area contributed by atoms with E-state index in [9.17, 15) is 18.0 Å². The van der Waals surface area contributed by atoms with Crippen molar-refractivity contribution in [3.63, 3.8) is 0 Å². The van der Waals surface area contributed by atoms with Crippen LogP contribution in [-0.4, -0.2) is 28.7 Å². The van der Waals surface area contributed by atoms with Crippen LogP contribution < -0.4 is 10.6 Å². The van der Waals surface area contributed by atoms with Crippen LogP contribution in [0.2, 0.25) is 5.02 Å². The minimum absolute atomic E-state index is 0.00967. The van der Waals surface area contributed by atoms with E-state index < -0.39 is 17.6 Å². The molecule has 2 N–H and O–H groups in total. The maximum atomic E-state index is 12.9. The number of anilines is 1. The van der Waals surface area contributed by atoms with Crippen molar-refractivity contribution in [3.8, 4) is 0 Å². The van der Waals surface area contributed by atoms with Gasteiger partial charge in [0.15, 0.2) is 0 Å². The lowest BCUT2D eigenvalue weighted by Crippen LogP contribution is -2.38. The van der Waals surface area contributed by atoms with Crippen molar-refractivity contribution < 1.29 is 18.0 Å². The number of hydrogen-bond acceptors (Lipinski definition) is 5. The Hall–Kier alpha value is -1.87. The summed E-state index contributed by atoms with van der Waals surface area (Å²) in [6, 6.07) is 2.71. The summed E-state index contributed by atoms with van der Waals surface area (Å²) in [5.41, 5.74) is 0.628. The minimum atomic E-state index is -4.52. The van der Waals surface area contributed by atoms with Gasteiger partial charge in [-0.2, -0.15) is 13.2 Å². The van der Waals surface area contributed by atoms with E-state index >= 15 is 0 Å². The van der Waals surface area contributed by atoms with Crippen LogP contribution in [0.5, 0.6) is 0 Å². The molecule has 27 heavy (non-hydrogen) atoms. The Labute approximate surface area is 163 Å². The van der Waals surface area contributed by atoms with E-state index in [0.717, 1.165) is 55.6 Å². The SMILES string of the molecule is O=C(N[C@H]1CC[C@H](CNc2nncs2)CC1)c1cc(C(F)(F)F)ccc1Cl. The van der Waals surface area contributed by atoms with Crippen molar-refractivity contribution in [2.24, 2.45) is 5.92 Å². The Balaban J connectivity index is 1.52. The monoisotopic (exact) mass is 418 g/mol. The molecule has 1 amide bonds. The van der Waals surface area contributed by atoms with Gasteiger partial charge >= 0.3 is 6.18 Å². The summed E-state index contributed by atoms with van der Waals surface area (Å²) in [7, 11) is 0. The number of hydrogen-bond donors (Lipinski definition) is 2. The van der Waals surface area contributed by atoms with Crippen molar-refractivity contribution in [1.82, 2.24) is 15.5 Å². The number of carbonyl (C=O) groups excluding carboxylic acids is 1. The Kier molecular flexibility index (Phi) is 6.21. The van der Waals surface area contributed by atoms with Gasteiger partial charge in [-0.25, -0.2) is 0 Å². The molecule has 1 heterocycles. The second-order valence-electron chi connectivity index (χ2n) is 6.51. The van der Waals surface area contributed by atoms with Crippen LogP contribution in [0, 0.1) is 5.92 Å². The highest BCUT2D eigenvalue weighted by atomic mass is 35.5. The van der Waals surface area contributed by atoms with Gasteiger partial charge in [0.25, 0.3) is 5.91 Å². The molecule has 3 rings (SSSR count). The average molecular weight is 419 g/mol. The van der Waals surface area contributed by atoms with Crippen molar-refractivity contribution in [3.05, 3.63) is 39.9 Å². The van der Waals surface area contributed by atoms with Gasteiger partial charge in [-0.3, -0.25) is 4.79 Å². The second kappa shape index (κ2) is 8.43. The summed E-state index contributed by atoms with van der Waals surface area (Å²) in [6.45, 7) is 0.787. The predicted molar refractivity (Wildman–Crippen MR) is 98.1 cm³/mol. The fourth-order valence-corrected chi connectivity index (χ4v) is 3.79. The van der Waals surface area contributed by atoms with Crippen LogP contribution >= 0.6 is 22.9 Å². The summed E-state index contributed by atoms with van der Waals surface area (Å²) < 4.78 is 38.6. The Morgan fingerprint density at radius 3 is 2.63 bits per heavy atom. The molecule has 1 aromatic carbocycles. The first kappa shape index (κ1) is 19.9. The molecule has 1 aromatic heterocycles. The summed E-state index contributed by atoms with van der Waals surface area (Å²) in [4.78, 5) is 12.4. The van der Waals surface area contributed by atoms with Gasteiger partial charge < -0.3 is 10.6 Å². The van der Waals surface area contributed by atoms with Crippen LogP contribution in [0.15, 0.2) is 23.7 Å². The summed E-state index contributed by atoms with van der Waals surface area (Å²) in [5, 5.41) is 14.5. The average Bonchev–Trinajstić information content (AvgIpc) is 3.14. The number of alkyl halides is 3. The van der Waals surface area contributed by atoms with E-state index in [1.807, 2.05) is 0 Å². The van der Waals surface area contributed by atoms with E-state index in [2.05, 4.69) is 20.8 Å². The molecule has 0 aliphatic heterocycles. The second-order valence-corrected chi connectivity index (χ2v) is 7.75. The quantitative estimate of drug-likeness (QED) is 0.744. The van der Waals surface area contributed by atoms with Gasteiger partial charge in [0.1, 0.15) is 5.51 Å². The zero-order chi connectivity index (χ0) is 19.4. The topological polar surface area (TPSA) is 66.9 Å². The van der Waals surface area contributed by atoms with Crippen LogP contribution in [0.1, 0.15) is 41.6 Å². The van der Waals surface area contributed by atoms with Crippen molar-refractivity contribution in [2.75, 3.05) is 11.9 Å². The molecule has 1 fully saturated rings. The first-order valence-corrected chi connectivity index (χ1v) is 9.76. The molecule has 0 bridgehead atoms. The fraction of sp³-hybridized carbons (Fsp3) is 0.471. The van der Waals surface area contributed by atoms with Gasteiger partial charge in [0.2, 0.25) is 5.13 Å². The smallest absolute Gasteiger partial charge is 0.360 e. The Morgan fingerprint density at radius 1 is 1.26 bits per heavy atom. The molecule has 0 unspecified atom stereocenters. The standard InChI is InChI=1S/C17H18ClF3N4OS/c18-14-6-3-11(17(19,20)21)7-13(14)15(26)24-12-4-1-10(2-5-12)8-22-16-25-23-9-27-16/h3,6-7,9-10,12H,1-2,4-5,8H2,(H,22,25)(H,24,26)/t10-,12-. The molecule has 1 aliphatic rings. The summed E-state index contributed by atoms with van der Waals surface area (Å²) >= 11 is 7.36. The van der Waals surface area contributed by atoms with E-state index in [1.54, 1.807) is 5.51 Å². The molecule has 10 heteroatoms. The third-order valence-corrected chi connectivity index (χ3v) is 5.60. The number of carbonyl (C=O) groups is 1. The molecular formula is C17H18ClF3N4OS. The molecule has 0 spiro atoms. The van der Waals surface area contributed by atoms with Gasteiger partial charge in [-0.05, 0) is 49.8 Å². The van der Waals surface area contributed by atoms with Gasteiger partial charge in [-0.1, -0.05) is 22.9 Å². The van der Waals surface area contributed by atoms with Crippen LogP contribution in [-0.2, 0) is 6.18 Å². The lowest BCUT2D eigenvalue weighted by atomic mass is 9.86. The van der Waals surface area contributed by atoms with Gasteiger partial charge in [0, 0.05) is 12.6 Å². The third-order valence-electron chi connectivity index (χ3n) is 4.62. The largest absolute Gasteiger partial charge is 0.416 e. The lowest BCUT2D eigenvalue weighted by Gasteiger charge is -2.29. The van der Waals surface area contributed by atoms with Crippen molar-refractivity contribution in [2.45, 2.75) is 37.9 Å². The molecule has 146 valence electrons. The highest BCUT2D eigenvalue weighted by Gasteiger charge is 2.32. The van der Waals surface area contributed by atoms with E-state index in [1.165, 1.54) is 11.3 Å². The van der Waals surface area contributed by atoms with E-state index in [-0.39, 0.29) is 16.6 Å². The predicted octanol–water partition coefficient (Wildman–Crippen LogP) is 4.61. The zero-order valence-electron chi connectivity index (χ0n) is 14.2. The van der Waals surface area contributed by atoms with Crippen LogP contribution in [0.4, 0.5) is 18.3 Å². The van der Waals surface area contributed by atoms with Crippen molar-refractivity contribution in [1.29, 1.82) is 0 Å². The number of rotatable bonds is 5. The normalized spacial score (nSPS) is 20.3. The number of halogens is 4. The Morgan fingerprint density at radius 2 is 2.00 bits per heavy atom. The molecule has 0 atom stereocenters. The van der Waals surface area contributed by atoms with Crippen molar-refractivity contribution >= 4 is 34.0 Å². The molecule has 1 saturated carbocycles. The van der Waals surface area contributed by atoms with E-state index in [4.69, 9.17) is 11.6 Å². The maximum Gasteiger partial charge on any atom is 0.416 e. The number of nitrogens with one attached hydrogen (secondary N) is 2. The van der Waals surface area contributed by atoms with E-state index in [0.29, 0.717) is 5.92 Å². The Bertz CT molecular complexity index is 777. The molecule has 1 aliphatic carbocycles. The molecule has 5 nitrogen and oxygen atoms in total. The van der Waals surface area contributed by atoms with Gasteiger partial charge in [-0.15, -0.1) is 10.2 Å². The summed E-state index contributed by atoms with van der Waals surface area (Å²) in [5.74, 6) is -0.110. The lowest BCUT2D eigenvalue weighted by molar-refractivity contribution is -0.137. The number of benzene rings is 1. The zero-order valence-corrected chi connectivity index (χ0v) is 15.8. The first-order chi connectivity index (χ1) is 12.8. The molecule has 0 radical (unpaired) electrons. The fourth-order valence-electron chi connectivity index (χ4n) is 3.13. The molecular weight excluding hydrogens is 401 g/mol. The van der Waals surface area contributed by atoms with Gasteiger partial charge in [0.05, 0.1) is 16.1 Å². The molecule has 0 saturated heterocycles. The third kappa shape index (κ3) is 5.32. The first-order valence-electron chi connectivity index (χ1n) is 8.50. The minimum Gasteiger partial charge on any atom is -0.360 e. The van der Waals surface area contributed by atoms with Crippen LogP contribution in [0.25, 0.3) is 0 Å². The highest BCUT2D eigenvalue weighted by molar-refractivity contribution is 7.13. The number of amides is 1. The number of nitrogens with zero attached hydrogens (tertiary/aromatic N) is 2. The summed E-state index contributed by atoms with van der Waals surface area (Å²) in [6.07, 6.45) is -1.16. The van der Waals surface area contributed by atoms with Crippen LogP contribution in [0.3, 0.4) is 0 Å². The number of aromatic nitrogens is 2.